The first kappa shape index (κ1) is 16.6. The molecule has 0 aliphatic carbocycles. The van der Waals surface area contributed by atoms with Crippen molar-refractivity contribution in [2.45, 2.75) is 0 Å². The molecule has 3 nitrogen and oxygen atoms in total. The average Bonchev–Trinajstić information content (AvgIpc) is 2.83. The minimum absolute atomic E-state index is 1.13. The van der Waals surface area contributed by atoms with Gasteiger partial charge in [-0.1, -0.05) is 0 Å². The molecule has 0 aromatic carbocycles. The molecule has 0 spiro atoms. The molecule has 0 aromatic rings. The van der Waals surface area contributed by atoms with Crippen LogP contribution in [0.1, 0.15) is 0 Å². The number of nitrogens with zero attached hydrogens (tertiary/aromatic N) is 2. The monoisotopic (exact) mass is 339 g/mol. The number of thioether (sulfide) groups is 4. The Labute approximate surface area is 134 Å². The van der Waals surface area contributed by atoms with Gasteiger partial charge < -0.3 is 5.32 Å². The largest absolute Gasteiger partial charge is 0.314 e. The molecule has 2 heterocycles. The lowest BCUT2D eigenvalue weighted by atomic mass is 10.5. The van der Waals surface area contributed by atoms with Crippen LogP contribution in [0, 0.1) is 0 Å². The Kier molecular flexibility index (Phi) is 9.58. The highest BCUT2D eigenvalue weighted by Crippen LogP contribution is 2.17. The lowest BCUT2D eigenvalue weighted by Crippen LogP contribution is -2.36. The molecule has 7 heteroatoms. The standard InChI is InChI=1S/C12H25N3S4/c1(3-14-9-16-5-6-17-10-14)13-2-4-15-11-18-7-8-19-12-15/h13H,1-12H2. The van der Waals surface area contributed by atoms with Gasteiger partial charge in [0.2, 0.25) is 0 Å². The van der Waals surface area contributed by atoms with Crippen LogP contribution in [-0.2, 0) is 0 Å². The summed E-state index contributed by atoms with van der Waals surface area (Å²) in [6.45, 7) is 4.66. The lowest BCUT2D eigenvalue weighted by molar-refractivity contribution is 0.348. The molecular weight excluding hydrogens is 314 g/mol. The molecule has 2 saturated heterocycles. The summed E-state index contributed by atoms with van der Waals surface area (Å²) >= 11 is 8.30. The van der Waals surface area contributed by atoms with Crippen LogP contribution in [0.5, 0.6) is 0 Å². The van der Waals surface area contributed by atoms with E-state index in [4.69, 9.17) is 0 Å². The first-order chi connectivity index (χ1) is 9.45. The van der Waals surface area contributed by atoms with Crippen molar-refractivity contribution in [3.63, 3.8) is 0 Å². The fraction of sp³-hybridized carbons (Fsp3) is 1.00. The molecule has 112 valence electrons. The van der Waals surface area contributed by atoms with Crippen LogP contribution in [0.4, 0.5) is 0 Å². The Morgan fingerprint density at radius 1 is 0.632 bits per heavy atom. The van der Waals surface area contributed by atoms with Crippen molar-refractivity contribution in [1.29, 1.82) is 0 Å². The molecule has 2 rings (SSSR count). The van der Waals surface area contributed by atoms with Crippen LogP contribution >= 0.6 is 47.0 Å². The maximum absolute atomic E-state index is 3.60. The van der Waals surface area contributed by atoms with Crippen molar-refractivity contribution < 1.29 is 0 Å². The van der Waals surface area contributed by atoms with Crippen LogP contribution < -0.4 is 5.32 Å². The molecule has 19 heavy (non-hydrogen) atoms. The van der Waals surface area contributed by atoms with E-state index in [2.05, 4.69) is 62.2 Å². The average molecular weight is 340 g/mol. The second-order valence-corrected chi connectivity index (χ2v) is 8.99. The Morgan fingerprint density at radius 2 is 1.00 bits per heavy atom. The third kappa shape index (κ3) is 7.74. The zero-order valence-corrected chi connectivity index (χ0v) is 14.8. The maximum atomic E-state index is 3.60. The predicted octanol–water partition coefficient (Wildman–Crippen LogP) is 1.97. The highest BCUT2D eigenvalue weighted by Gasteiger charge is 2.10. The minimum atomic E-state index is 1.13. The molecule has 2 fully saturated rings. The predicted molar refractivity (Wildman–Crippen MR) is 95.6 cm³/mol. The van der Waals surface area contributed by atoms with Crippen LogP contribution in [-0.4, -0.2) is 82.5 Å². The number of nitrogens with one attached hydrogen (secondary N) is 1. The van der Waals surface area contributed by atoms with Gasteiger partial charge in [-0.2, -0.15) is 0 Å². The first-order valence-electron chi connectivity index (χ1n) is 6.91. The van der Waals surface area contributed by atoms with Crippen molar-refractivity contribution in [2.24, 2.45) is 0 Å². The summed E-state index contributed by atoms with van der Waals surface area (Å²) in [6, 6.07) is 0. The van der Waals surface area contributed by atoms with Crippen LogP contribution in [0.2, 0.25) is 0 Å². The van der Waals surface area contributed by atoms with Crippen molar-refractivity contribution in [3.8, 4) is 0 Å². The number of hydrogen-bond acceptors (Lipinski definition) is 7. The second kappa shape index (κ2) is 10.9. The van der Waals surface area contributed by atoms with E-state index in [9.17, 15) is 0 Å². The van der Waals surface area contributed by atoms with Gasteiger partial charge in [-0.05, 0) is 0 Å². The molecule has 0 bridgehead atoms. The SMILES string of the molecule is C(CN1CSCCSC1)NCCN1CSCCSC1. The summed E-state index contributed by atoms with van der Waals surface area (Å²) in [4.78, 5) is 5.12. The number of rotatable bonds is 6. The van der Waals surface area contributed by atoms with Gasteiger partial charge in [-0.25, -0.2) is 0 Å². The van der Waals surface area contributed by atoms with Crippen LogP contribution in [0.25, 0.3) is 0 Å². The normalized spacial score (nSPS) is 24.0. The molecule has 0 atom stereocenters. The minimum Gasteiger partial charge on any atom is -0.314 e. The van der Waals surface area contributed by atoms with Gasteiger partial charge >= 0.3 is 0 Å². The zero-order valence-electron chi connectivity index (χ0n) is 11.5. The van der Waals surface area contributed by atoms with E-state index in [0.29, 0.717) is 0 Å². The van der Waals surface area contributed by atoms with E-state index < -0.39 is 0 Å². The van der Waals surface area contributed by atoms with Gasteiger partial charge in [0.1, 0.15) is 0 Å². The van der Waals surface area contributed by atoms with Gasteiger partial charge in [-0.3, -0.25) is 9.80 Å². The highest BCUT2D eigenvalue weighted by atomic mass is 32.2. The lowest BCUT2D eigenvalue weighted by Gasteiger charge is -2.21. The van der Waals surface area contributed by atoms with E-state index in [-0.39, 0.29) is 0 Å². The molecule has 0 aromatic heterocycles. The molecule has 1 N–H and O–H groups in total. The van der Waals surface area contributed by atoms with Crippen molar-refractivity contribution in [2.75, 3.05) is 72.7 Å². The second-order valence-electron chi connectivity index (χ2n) is 4.69. The van der Waals surface area contributed by atoms with Gasteiger partial charge in [0.25, 0.3) is 0 Å². The number of hydrogen-bond donors (Lipinski definition) is 1. The molecule has 0 saturated carbocycles. The van der Waals surface area contributed by atoms with E-state index >= 15 is 0 Å². The Balaban J connectivity index is 1.46. The summed E-state index contributed by atoms with van der Waals surface area (Å²) in [7, 11) is 0. The van der Waals surface area contributed by atoms with Gasteiger partial charge in [-0.15, -0.1) is 47.0 Å². The van der Waals surface area contributed by atoms with Crippen molar-refractivity contribution >= 4 is 47.0 Å². The third-order valence-corrected chi connectivity index (χ3v) is 7.73. The van der Waals surface area contributed by atoms with Crippen molar-refractivity contribution in [3.05, 3.63) is 0 Å². The summed E-state index contributed by atoms with van der Waals surface area (Å²) in [5.41, 5.74) is 0. The van der Waals surface area contributed by atoms with E-state index in [1.807, 2.05) is 0 Å². The Bertz CT molecular complexity index is 195. The third-order valence-electron chi connectivity index (χ3n) is 3.05. The summed E-state index contributed by atoms with van der Waals surface area (Å²) in [6.07, 6.45) is 0. The smallest absolute Gasteiger partial charge is 0.0453 e. The zero-order chi connectivity index (χ0) is 13.2. The maximum Gasteiger partial charge on any atom is 0.0453 e. The fourth-order valence-corrected chi connectivity index (χ4v) is 6.49. The molecule has 2 aliphatic rings. The van der Waals surface area contributed by atoms with Gasteiger partial charge in [0.15, 0.2) is 0 Å². The fourth-order valence-electron chi connectivity index (χ4n) is 1.94. The first-order valence-corrected chi connectivity index (χ1v) is 11.5. The van der Waals surface area contributed by atoms with Gasteiger partial charge in [0.05, 0.1) is 0 Å². The molecule has 0 radical (unpaired) electrons. The van der Waals surface area contributed by atoms with E-state index in [0.717, 1.165) is 13.1 Å². The van der Waals surface area contributed by atoms with E-state index in [1.54, 1.807) is 0 Å². The molecule has 0 unspecified atom stereocenters. The summed E-state index contributed by atoms with van der Waals surface area (Å²) in [5, 5.41) is 3.60. The highest BCUT2D eigenvalue weighted by molar-refractivity contribution is 8.03. The molecular formula is C12H25N3S4. The molecule has 0 amide bonds. The Hall–Kier alpha value is 1.28. The van der Waals surface area contributed by atoms with Crippen molar-refractivity contribution in [1.82, 2.24) is 15.1 Å². The molecule has 2 aliphatic heterocycles. The topological polar surface area (TPSA) is 18.5 Å². The quantitative estimate of drug-likeness (QED) is 0.736. The Morgan fingerprint density at radius 3 is 1.37 bits per heavy atom. The summed E-state index contributed by atoms with van der Waals surface area (Å²) < 4.78 is 0. The van der Waals surface area contributed by atoms with E-state index in [1.165, 1.54) is 59.6 Å². The van der Waals surface area contributed by atoms with Gasteiger partial charge in [0, 0.05) is 72.7 Å². The summed E-state index contributed by atoms with van der Waals surface area (Å²) in [5.74, 6) is 10.1. The van der Waals surface area contributed by atoms with Crippen LogP contribution in [0.3, 0.4) is 0 Å². The van der Waals surface area contributed by atoms with Crippen LogP contribution in [0.15, 0.2) is 0 Å².